The minimum atomic E-state index is -1.66. The zero-order valence-corrected chi connectivity index (χ0v) is 17.1. The van der Waals surface area contributed by atoms with Crippen LogP contribution in [0.15, 0.2) is 71.9 Å². The zero-order valence-electron chi connectivity index (χ0n) is 16.3. The number of carbonyl (C=O) groups excluding carboxylic acids is 1. The molecule has 4 aromatic rings. The predicted octanol–water partition coefficient (Wildman–Crippen LogP) is 4.79. The molecule has 2 N–H and O–H groups in total. The van der Waals surface area contributed by atoms with Gasteiger partial charge in [0.15, 0.2) is 28.4 Å². The standard InChI is InChI=1S/C22H15F3N4O2S/c23-15-10-11-16(20(25)19(15)24)26-18(31)12-32-22-28-27-21(14-8-4-5-9-17(14)30)29(22)13-6-2-1-3-7-13/h1-11,30H,12H2,(H,26,31). The average molecular weight is 456 g/mol. The van der Waals surface area contributed by atoms with E-state index in [0.717, 1.165) is 23.9 Å². The number of halogens is 3. The van der Waals surface area contributed by atoms with Crippen molar-refractivity contribution in [1.29, 1.82) is 0 Å². The number of hydrogen-bond donors (Lipinski definition) is 2. The lowest BCUT2D eigenvalue weighted by atomic mass is 10.2. The largest absolute Gasteiger partial charge is 0.507 e. The van der Waals surface area contributed by atoms with Gasteiger partial charge in [0, 0.05) is 5.69 Å². The summed E-state index contributed by atoms with van der Waals surface area (Å²) < 4.78 is 41.9. The Morgan fingerprint density at radius 3 is 2.41 bits per heavy atom. The molecule has 1 aromatic heterocycles. The topological polar surface area (TPSA) is 80.0 Å². The van der Waals surface area contributed by atoms with Crippen molar-refractivity contribution >= 4 is 23.4 Å². The molecule has 4 rings (SSSR count). The summed E-state index contributed by atoms with van der Waals surface area (Å²) in [4.78, 5) is 12.3. The molecule has 0 fully saturated rings. The van der Waals surface area contributed by atoms with Crippen LogP contribution in [0.3, 0.4) is 0 Å². The van der Waals surface area contributed by atoms with Crippen LogP contribution in [0, 0.1) is 17.5 Å². The minimum absolute atomic E-state index is 0.0141. The van der Waals surface area contributed by atoms with Crippen LogP contribution in [0.1, 0.15) is 0 Å². The number of carbonyl (C=O) groups is 1. The van der Waals surface area contributed by atoms with Crippen molar-refractivity contribution in [2.24, 2.45) is 0 Å². The molecular formula is C22H15F3N4O2S. The predicted molar refractivity (Wildman–Crippen MR) is 114 cm³/mol. The van der Waals surface area contributed by atoms with Gasteiger partial charge in [0.1, 0.15) is 5.75 Å². The van der Waals surface area contributed by atoms with E-state index in [-0.39, 0.29) is 11.5 Å². The summed E-state index contributed by atoms with van der Waals surface area (Å²) in [6, 6.07) is 17.4. The number of amides is 1. The van der Waals surface area contributed by atoms with Gasteiger partial charge in [0.05, 0.1) is 17.0 Å². The van der Waals surface area contributed by atoms with Crippen LogP contribution >= 0.6 is 11.8 Å². The quantitative estimate of drug-likeness (QED) is 0.322. The Morgan fingerprint density at radius 1 is 0.938 bits per heavy atom. The zero-order chi connectivity index (χ0) is 22.7. The van der Waals surface area contributed by atoms with E-state index in [2.05, 4.69) is 15.5 Å². The fraction of sp³-hybridized carbons (Fsp3) is 0.0455. The van der Waals surface area contributed by atoms with Crippen LogP contribution in [-0.4, -0.2) is 31.5 Å². The fourth-order valence-electron chi connectivity index (χ4n) is 2.95. The maximum absolute atomic E-state index is 13.8. The van der Waals surface area contributed by atoms with E-state index in [1.165, 1.54) is 6.07 Å². The Kier molecular flexibility index (Phi) is 6.13. The summed E-state index contributed by atoms with van der Waals surface area (Å²) in [5.74, 6) is -4.95. The number of nitrogens with one attached hydrogen (secondary N) is 1. The van der Waals surface area contributed by atoms with E-state index >= 15 is 0 Å². The van der Waals surface area contributed by atoms with Crippen molar-refractivity contribution in [2.45, 2.75) is 5.16 Å². The summed E-state index contributed by atoms with van der Waals surface area (Å²) in [7, 11) is 0. The number of anilines is 1. The summed E-state index contributed by atoms with van der Waals surface area (Å²) in [5.41, 5.74) is 0.684. The number of hydrogen-bond acceptors (Lipinski definition) is 5. The Labute approximate surface area is 184 Å². The van der Waals surface area contributed by atoms with Crippen LogP contribution in [0.5, 0.6) is 5.75 Å². The van der Waals surface area contributed by atoms with Crippen LogP contribution in [0.4, 0.5) is 18.9 Å². The minimum Gasteiger partial charge on any atom is -0.507 e. The Morgan fingerprint density at radius 2 is 1.66 bits per heavy atom. The number of benzene rings is 3. The number of thioether (sulfide) groups is 1. The average Bonchev–Trinajstić information content (AvgIpc) is 3.23. The van der Waals surface area contributed by atoms with Gasteiger partial charge in [0.25, 0.3) is 0 Å². The van der Waals surface area contributed by atoms with Crippen LogP contribution < -0.4 is 5.32 Å². The number of para-hydroxylation sites is 2. The Hall–Kier alpha value is -3.79. The van der Waals surface area contributed by atoms with Gasteiger partial charge in [-0.25, -0.2) is 13.2 Å². The molecule has 3 aromatic carbocycles. The molecule has 0 aliphatic carbocycles. The van der Waals surface area contributed by atoms with Crippen molar-refractivity contribution in [2.75, 3.05) is 11.1 Å². The summed E-state index contributed by atoms with van der Waals surface area (Å²) in [6.07, 6.45) is 0. The van der Waals surface area contributed by atoms with Gasteiger partial charge in [-0.2, -0.15) is 0 Å². The summed E-state index contributed by atoms with van der Waals surface area (Å²) in [6.45, 7) is 0. The molecule has 0 bridgehead atoms. The second kappa shape index (κ2) is 9.15. The van der Waals surface area contributed by atoms with Crippen molar-refractivity contribution in [1.82, 2.24) is 14.8 Å². The van der Waals surface area contributed by atoms with Gasteiger partial charge < -0.3 is 10.4 Å². The van der Waals surface area contributed by atoms with Crippen LogP contribution in [0.2, 0.25) is 0 Å². The molecule has 162 valence electrons. The third kappa shape index (κ3) is 4.30. The molecule has 1 heterocycles. The molecule has 0 saturated carbocycles. The first kappa shape index (κ1) is 21.4. The number of aromatic hydroxyl groups is 1. The number of aromatic nitrogens is 3. The SMILES string of the molecule is O=C(CSc1nnc(-c2ccccc2O)n1-c1ccccc1)Nc1ccc(F)c(F)c1F. The molecule has 0 aliphatic heterocycles. The van der Waals surface area contributed by atoms with E-state index in [1.807, 2.05) is 30.3 Å². The first-order valence-electron chi connectivity index (χ1n) is 9.31. The molecule has 1 amide bonds. The molecule has 0 saturated heterocycles. The molecule has 32 heavy (non-hydrogen) atoms. The number of phenols is 1. The van der Waals surface area contributed by atoms with Crippen molar-refractivity contribution in [3.05, 3.63) is 84.2 Å². The van der Waals surface area contributed by atoms with Gasteiger partial charge in [-0.15, -0.1) is 10.2 Å². The third-order valence-corrected chi connectivity index (χ3v) is 5.36. The molecule has 0 aliphatic rings. The first-order chi connectivity index (χ1) is 15.5. The third-order valence-electron chi connectivity index (χ3n) is 4.43. The lowest BCUT2D eigenvalue weighted by molar-refractivity contribution is -0.113. The van der Waals surface area contributed by atoms with Gasteiger partial charge in [0.2, 0.25) is 5.91 Å². The van der Waals surface area contributed by atoms with E-state index in [9.17, 15) is 23.1 Å². The van der Waals surface area contributed by atoms with E-state index in [1.54, 1.807) is 22.8 Å². The maximum atomic E-state index is 13.8. The van der Waals surface area contributed by atoms with Gasteiger partial charge in [-0.3, -0.25) is 9.36 Å². The summed E-state index contributed by atoms with van der Waals surface area (Å²) >= 11 is 1.01. The van der Waals surface area contributed by atoms with Crippen LogP contribution in [-0.2, 0) is 4.79 Å². The second-order valence-corrected chi connectivity index (χ2v) is 7.50. The maximum Gasteiger partial charge on any atom is 0.234 e. The van der Waals surface area contributed by atoms with Gasteiger partial charge >= 0.3 is 0 Å². The highest BCUT2D eigenvalue weighted by Crippen LogP contribution is 2.32. The molecule has 0 unspecified atom stereocenters. The number of phenolic OH excluding ortho intramolecular Hbond substituents is 1. The molecule has 0 atom stereocenters. The molecule has 10 heteroatoms. The van der Waals surface area contributed by atoms with Crippen molar-refractivity contribution < 1.29 is 23.1 Å². The lowest BCUT2D eigenvalue weighted by Crippen LogP contribution is -2.16. The van der Waals surface area contributed by atoms with E-state index in [0.29, 0.717) is 22.2 Å². The molecule has 0 spiro atoms. The number of nitrogens with zero attached hydrogens (tertiary/aromatic N) is 3. The molecule has 6 nitrogen and oxygen atoms in total. The van der Waals surface area contributed by atoms with Gasteiger partial charge in [-0.05, 0) is 36.4 Å². The van der Waals surface area contributed by atoms with E-state index < -0.39 is 29.0 Å². The second-order valence-electron chi connectivity index (χ2n) is 6.55. The highest BCUT2D eigenvalue weighted by molar-refractivity contribution is 7.99. The molecule has 0 radical (unpaired) electrons. The fourth-order valence-corrected chi connectivity index (χ4v) is 3.70. The smallest absolute Gasteiger partial charge is 0.234 e. The Balaban J connectivity index is 1.60. The molecular weight excluding hydrogens is 441 g/mol. The highest BCUT2D eigenvalue weighted by atomic mass is 32.2. The normalized spacial score (nSPS) is 10.8. The highest BCUT2D eigenvalue weighted by Gasteiger charge is 2.20. The van der Waals surface area contributed by atoms with Gasteiger partial charge in [-0.1, -0.05) is 42.1 Å². The monoisotopic (exact) mass is 456 g/mol. The van der Waals surface area contributed by atoms with E-state index in [4.69, 9.17) is 0 Å². The van der Waals surface area contributed by atoms with Crippen molar-refractivity contribution in [3.8, 4) is 22.8 Å². The number of rotatable bonds is 6. The summed E-state index contributed by atoms with van der Waals surface area (Å²) in [5, 5.41) is 21.1. The first-order valence-corrected chi connectivity index (χ1v) is 10.3. The van der Waals surface area contributed by atoms with Crippen molar-refractivity contribution in [3.63, 3.8) is 0 Å². The lowest BCUT2D eigenvalue weighted by Gasteiger charge is -2.11. The Bertz CT molecular complexity index is 1280. The van der Waals surface area contributed by atoms with Crippen LogP contribution in [0.25, 0.3) is 17.1 Å².